The summed E-state index contributed by atoms with van der Waals surface area (Å²) in [5.41, 5.74) is 2.07. The van der Waals surface area contributed by atoms with Crippen molar-refractivity contribution < 1.29 is 17.9 Å². The Bertz CT molecular complexity index is 949. The third kappa shape index (κ3) is 7.02. The molecular weight excluding hydrogens is 434 g/mol. The van der Waals surface area contributed by atoms with E-state index in [0.717, 1.165) is 54.5 Å². The van der Waals surface area contributed by atoms with Crippen LogP contribution in [-0.2, 0) is 21.2 Å². The van der Waals surface area contributed by atoms with Gasteiger partial charge in [0.25, 0.3) is 0 Å². The summed E-state index contributed by atoms with van der Waals surface area (Å²) in [4.78, 5) is 21.1. The van der Waals surface area contributed by atoms with E-state index in [0.29, 0.717) is 19.5 Å². The molecule has 0 unspecified atom stereocenters. The van der Waals surface area contributed by atoms with E-state index in [4.69, 9.17) is 9.72 Å². The van der Waals surface area contributed by atoms with E-state index in [9.17, 15) is 13.2 Å². The fourth-order valence-electron chi connectivity index (χ4n) is 3.55. The number of thiazole rings is 1. The van der Waals surface area contributed by atoms with Crippen LogP contribution in [0.3, 0.4) is 0 Å². The number of nitrogens with zero attached hydrogens (tertiary/aromatic N) is 3. The lowest BCUT2D eigenvalue weighted by atomic mass is 10.2. The smallest absolute Gasteiger partial charge is 0.237 e. The highest BCUT2D eigenvalue weighted by molar-refractivity contribution is 7.92. The van der Waals surface area contributed by atoms with E-state index in [1.54, 1.807) is 23.3 Å². The fraction of sp³-hybridized carbons (Fsp3) is 0.545. The van der Waals surface area contributed by atoms with E-state index >= 15 is 0 Å². The summed E-state index contributed by atoms with van der Waals surface area (Å²) in [7, 11) is -1.66. The minimum atomic E-state index is -3.31. The lowest BCUT2D eigenvalue weighted by Gasteiger charge is -2.34. The molecule has 1 fully saturated rings. The number of sulfone groups is 1. The van der Waals surface area contributed by atoms with Gasteiger partial charge in [-0.05, 0) is 30.7 Å². The van der Waals surface area contributed by atoms with Gasteiger partial charge in [0.05, 0.1) is 18.6 Å². The summed E-state index contributed by atoms with van der Waals surface area (Å²) in [6.45, 7) is 5.30. The van der Waals surface area contributed by atoms with Crippen LogP contribution in [0.15, 0.2) is 29.6 Å². The van der Waals surface area contributed by atoms with Crippen molar-refractivity contribution in [2.75, 3.05) is 44.8 Å². The molecule has 0 bridgehead atoms. The monoisotopic (exact) mass is 465 g/mol. The number of carbonyl (C=O) groups is 1. The van der Waals surface area contributed by atoms with Crippen LogP contribution in [0.4, 0.5) is 0 Å². The van der Waals surface area contributed by atoms with Crippen LogP contribution in [0.5, 0.6) is 5.75 Å². The van der Waals surface area contributed by atoms with Crippen molar-refractivity contribution >= 4 is 27.1 Å². The summed E-state index contributed by atoms with van der Waals surface area (Å²) in [5, 5.41) is 3.04. The molecule has 1 saturated heterocycles. The average molecular weight is 466 g/mol. The number of ether oxygens (including phenoxy) is 1. The Kier molecular flexibility index (Phi) is 8.45. The van der Waals surface area contributed by atoms with E-state index < -0.39 is 9.84 Å². The zero-order valence-electron chi connectivity index (χ0n) is 18.2. The van der Waals surface area contributed by atoms with Gasteiger partial charge in [0.2, 0.25) is 5.91 Å². The molecular formula is C22H31N3O4S2. The van der Waals surface area contributed by atoms with Gasteiger partial charge in [-0.3, -0.25) is 9.69 Å². The molecule has 2 aromatic rings. The molecule has 0 N–H and O–H groups in total. The zero-order chi connectivity index (χ0) is 22.3. The Morgan fingerprint density at radius 2 is 1.84 bits per heavy atom. The molecule has 7 nitrogen and oxygen atoms in total. The molecule has 0 atom stereocenters. The summed E-state index contributed by atoms with van der Waals surface area (Å²) < 4.78 is 29.5. The van der Waals surface area contributed by atoms with Crippen molar-refractivity contribution in [2.45, 2.75) is 32.7 Å². The first kappa shape index (κ1) is 23.7. The van der Waals surface area contributed by atoms with E-state index in [1.807, 2.05) is 31.2 Å². The summed E-state index contributed by atoms with van der Waals surface area (Å²) in [6.07, 6.45) is 2.47. The van der Waals surface area contributed by atoms with Crippen molar-refractivity contribution in [2.24, 2.45) is 0 Å². The van der Waals surface area contributed by atoms with Crippen LogP contribution in [0, 0.1) is 0 Å². The van der Waals surface area contributed by atoms with Crippen LogP contribution in [0.25, 0.3) is 10.6 Å². The van der Waals surface area contributed by atoms with Gasteiger partial charge in [-0.25, -0.2) is 13.4 Å². The quantitative estimate of drug-likeness (QED) is 0.502. The van der Waals surface area contributed by atoms with E-state index in [2.05, 4.69) is 10.3 Å². The Morgan fingerprint density at radius 1 is 1.13 bits per heavy atom. The number of rotatable bonds is 10. The van der Waals surface area contributed by atoms with Crippen molar-refractivity contribution in [1.82, 2.24) is 14.8 Å². The SMILES string of the molecule is CCCCCS(=O)(=O)CC(=O)N1CCN(Cc2csc(-c3ccc(OC)cc3)n2)CC1. The van der Waals surface area contributed by atoms with Gasteiger partial charge < -0.3 is 9.64 Å². The summed E-state index contributed by atoms with van der Waals surface area (Å²) in [5.74, 6) is 0.286. The van der Waals surface area contributed by atoms with Gasteiger partial charge >= 0.3 is 0 Å². The van der Waals surface area contributed by atoms with Crippen LogP contribution in [0.2, 0.25) is 0 Å². The molecule has 0 saturated carbocycles. The molecule has 0 radical (unpaired) electrons. The van der Waals surface area contributed by atoms with Gasteiger partial charge in [0.15, 0.2) is 9.84 Å². The first-order valence-electron chi connectivity index (χ1n) is 10.7. The van der Waals surface area contributed by atoms with Crippen molar-refractivity contribution in [3.63, 3.8) is 0 Å². The largest absolute Gasteiger partial charge is 0.497 e. The highest BCUT2D eigenvalue weighted by Gasteiger charge is 2.25. The van der Waals surface area contributed by atoms with E-state index in [1.165, 1.54) is 0 Å². The number of methoxy groups -OCH3 is 1. The van der Waals surface area contributed by atoms with E-state index in [-0.39, 0.29) is 17.4 Å². The van der Waals surface area contributed by atoms with Crippen LogP contribution in [0.1, 0.15) is 31.9 Å². The van der Waals surface area contributed by atoms with Gasteiger partial charge in [0, 0.05) is 43.7 Å². The third-order valence-electron chi connectivity index (χ3n) is 5.40. The Balaban J connectivity index is 1.47. The second-order valence-corrected chi connectivity index (χ2v) is 10.9. The number of carbonyl (C=O) groups excluding carboxylic acids is 1. The van der Waals surface area contributed by atoms with Crippen LogP contribution < -0.4 is 4.74 Å². The number of benzene rings is 1. The molecule has 31 heavy (non-hydrogen) atoms. The molecule has 0 spiro atoms. The number of hydrogen-bond acceptors (Lipinski definition) is 7. The number of amides is 1. The summed E-state index contributed by atoms with van der Waals surface area (Å²) >= 11 is 1.61. The normalized spacial score (nSPS) is 15.2. The lowest BCUT2D eigenvalue weighted by molar-refractivity contribution is -0.130. The van der Waals surface area contributed by atoms with Gasteiger partial charge in [-0.2, -0.15) is 0 Å². The van der Waals surface area contributed by atoms with Gasteiger partial charge in [0.1, 0.15) is 16.5 Å². The Labute approximate surface area is 189 Å². The maximum absolute atomic E-state index is 12.4. The first-order valence-corrected chi connectivity index (χ1v) is 13.4. The van der Waals surface area contributed by atoms with Crippen molar-refractivity contribution in [3.8, 4) is 16.3 Å². The molecule has 1 aliphatic rings. The maximum atomic E-state index is 12.4. The topological polar surface area (TPSA) is 79.8 Å². The molecule has 0 aliphatic carbocycles. The molecule has 3 rings (SSSR count). The van der Waals surface area contributed by atoms with Crippen LogP contribution in [-0.4, -0.2) is 73.9 Å². The molecule has 2 heterocycles. The van der Waals surface area contributed by atoms with Crippen molar-refractivity contribution in [3.05, 3.63) is 35.3 Å². The second kappa shape index (κ2) is 11.1. The molecule has 1 aliphatic heterocycles. The van der Waals surface area contributed by atoms with Crippen molar-refractivity contribution in [1.29, 1.82) is 0 Å². The number of hydrogen-bond donors (Lipinski definition) is 0. The Morgan fingerprint density at radius 3 is 2.48 bits per heavy atom. The minimum Gasteiger partial charge on any atom is -0.497 e. The number of unbranched alkanes of at least 4 members (excludes halogenated alkanes) is 2. The second-order valence-electron chi connectivity index (χ2n) is 7.83. The van der Waals surface area contributed by atoms with Gasteiger partial charge in [-0.1, -0.05) is 19.8 Å². The Hall–Kier alpha value is -1.97. The molecule has 9 heteroatoms. The molecule has 1 amide bonds. The fourth-order valence-corrected chi connectivity index (χ4v) is 5.72. The molecule has 1 aromatic carbocycles. The highest BCUT2D eigenvalue weighted by Crippen LogP contribution is 2.26. The summed E-state index contributed by atoms with van der Waals surface area (Å²) in [6, 6.07) is 7.86. The van der Waals surface area contributed by atoms with Crippen LogP contribution >= 0.6 is 11.3 Å². The molecule has 170 valence electrons. The number of piperazine rings is 1. The number of aromatic nitrogens is 1. The minimum absolute atomic E-state index is 0.104. The molecule has 1 aromatic heterocycles. The lowest BCUT2D eigenvalue weighted by Crippen LogP contribution is -2.49. The first-order chi connectivity index (χ1) is 14.9. The maximum Gasteiger partial charge on any atom is 0.237 e. The van der Waals surface area contributed by atoms with Gasteiger partial charge in [-0.15, -0.1) is 11.3 Å². The predicted molar refractivity (Wildman–Crippen MR) is 124 cm³/mol. The predicted octanol–water partition coefficient (Wildman–Crippen LogP) is 3.07. The standard InChI is InChI=1S/C22H31N3O4S2/c1-3-4-5-14-31(27,28)17-21(26)25-12-10-24(11-13-25)15-19-16-30-22(23-19)18-6-8-20(29-2)9-7-18/h6-9,16H,3-5,10-15,17H2,1-2H3. The average Bonchev–Trinajstić information content (AvgIpc) is 3.22. The zero-order valence-corrected chi connectivity index (χ0v) is 19.9. The highest BCUT2D eigenvalue weighted by atomic mass is 32.2. The third-order valence-corrected chi connectivity index (χ3v) is 7.94.